The molecule has 1 unspecified atom stereocenters. The van der Waals surface area contributed by atoms with E-state index in [1.54, 1.807) is 18.2 Å². The van der Waals surface area contributed by atoms with Gasteiger partial charge in [-0.15, -0.1) is 11.3 Å². The van der Waals surface area contributed by atoms with E-state index in [1.165, 1.54) is 23.7 Å². The van der Waals surface area contributed by atoms with E-state index in [4.69, 9.17) is 9.15 Å². The van der Waals surface area contributed by atoms with Crippen LogP contribution in [0.3, 0.4) is 0 Å². The van der Waals surface area contributed by atoms with Gasteiger partial charge in [0.1, 0.15) is 22.9 Å². The van der Waals surface area contributed by atoms with E-state index in [1.807, 2.05) is 6.92 Å². The zero-order chi connectivity index (χ0) is 19.9. The lowest BCUT2D eigenvalue weighted by Crippen LogP contribution is -2.32. The number of anilines is 1. The van der Waals surface area contributed by atoms with Crippen LogP contribution in [0.2, 0.25) is 0 Å². The Hall–Kier alpha value is -3.05. The van der Waals surface area contributed by atoms with E-state index in [0.717, 1.165) is 16.9 Å². The number of amides is 2. The first-order valence-corrected chi connectivity index (χ1v) is 9.94. The van der Waals surface area contributed by atoms with E-state index in [-0.39, 0.29) is 12.0 Å². The second-order valence-corrected chi connectivity index (χ2v) is 7.46. The smallest absolute Gasteiger partial charge is 0.407 e. The molecule has 0 saturated heterocycles. The van der Waals surface area contributed by atoms with Gasteiger partial charge in [-0.1, -0.05) is 6.92 Å². The first-order chi connectivity index (χ1) is 13.6. The van der Waals surface area contributed by atoms with Gasteiger partial charge in [-0.2, -0.15) is 5.26 Å². The number of hydrogen-bond donors (Lipinski definition) is 2. The maximum absolute atomic E-state index is 12.2. The van der Waals surface area contributed by atoms with Crippen LogP contribution in [-0.4, -0.2) is 24.6 Å². The summed E-state index contributed by atoms with van der Waals surface area (Å²) in [6, 6.07) is 5.67. The number of furan rings is 1. The van der Waals surface area contributed by atoms with Gasteiger partial charge in [0.15, 0.2) is 0 Å². The van der Waals surface area contributed by atoms with Crippen molar-refractivity contribution in [3.05, 3.63) is 46.2 Å². The molecule has 2 N–H and O–H groups in total. The van der Waals surface area contributed by atoms with Crippen LogP contribution >= 0.6 is 11.3 Å². The number of alkyl carbamates (subject to hydrolysis) is 1. The van der Waals surface area contributed by atoms with Crippen LogP contribution in [0.4, 0.5) is 9.80 Å². The molecule has 2 amide bonds. The SMILES string of the molecule is CCCNC(=O)OC1CCc2c(sc(NC(=O)/C=C/c3ccco3)c2C#N)C1. The van der Waals surface area contributed by atoms with Crippen molar-refractivity contribution in [2.75, 3.05) is 11.9 Å². The van der Waals surface area contributed by atoms with Gasteiger partial charge in [0, 0.05) is 23.9 Å². The minimum Gasteiger partial charge on any atom is -0.465 e. The van der Waals surface area contributed by atoms with Gasteiger partial charge >= 0.3 is 6.09 Å². The molecule has 0 radical (unpaired) electrons. The van der Waals surface area contributed by atoms with Crippen molar-refractivity contribution in [1.29, 1.82) is 5.26 Å². The van der Waals surface area contributed by atoms with E-state index in [9.17, 15) is 14.9 Å². The molecule has 28 heavy (non-hydrogen) atoms. The van der Waals surface area contributed by atoms with Crippen molar-refractivity contribution in [3.63, 3.8) is 0 Å². The highest BCUT2D eigenvalue weighted by Gasteiger charge is 2.28. The fourth-order valence-electron chi connectivity index (χ4n) is 2.98. The summed E-state index contributed by atoms with van der Waals surface area (Å²) < 4.78 is 10.6. The van der Waals surface area contributed by atoms with Crippen molar-refractivity contribution in [2.24, 2.45) is 0 Å². The molecule has 1 aliphatic rings. The monoisotopic (exact) mass is 399 g/mol. The van der Waals surface area contributed by atoms with Crippen molar-refractivity contribution in [2.45, 2.75) is 38.7 Å². The van der Waals surface area contributed by atoms with Crippen LogP contribution in [0.5, 0.6) is 0 Å². The molecule has 2 aromatic rings. The molecule has 0 spiro atoms. The normalized spacial score (nSPS) is 15.6. The summed E-state index contributed by atoms with van der Waals surface area (Å²) >= 11 is 1.36. The number of thiophene rings is 1. The van der Waals surface area contributed by atoms with Crippen LogP contribution in [0.15, 0.2) is 28.9 Å². The lowest BCUT2D eigenvalue weighted by Gasteiger charge is -2.22. The molecule has 2 heterocycles. The lowest BCUT2D eigenvalue weighted by molar-refractivity contribution is -0.111. The van der Waals surface area contributed by atoms with Crippen LogP contribution in [0.25, 0.3) is 6.08 Å². The fraction of sp³-hybridized carbons (Fsp3) is 0.350. The Balaban J connectivity index is 1.66. The molecule has 7 nitrogen and oxygen atoms in total. The highest BCUT2D eigenvalue weighted by molar-refractivity contribution is 7.16. The van der Waals surface area contributed by atoms with Gasteiger partial charge in [-0.25, -0.2) is 4.79 Å². The molecule has 3 rings (SSSR count). The molecular formula is C20H21N3O4S. The fourth-order valence-corrected chi connectivity index (χ4v) is 4.25. The summed E-state index contributed by atoms with van der Waals surface area (Å²) in [5.74, 6) is 0.237. The Bertz CT molecular complexity index is 909. The Morgan fingerprint density at radius 3 is 3.07 bits per heavy atom. The Morgan fingerprint density at radius 2 is 2.36 bits per heavy atom. The third kappa shape index (κ3) is 4.81. The van der Waals surface area contributed by atoms with Crippen LogP contribution in [-0.2, 0) is 22.4 Å². The van der Waals surface area contributed by atoms with Gasteiger partial charge in [0.2, 0.25) is 5.91 Å². The van der Waals surface area contributed by atoms with Gasteiger partial charge in [0.05, 0.1) is 11.8 Å². The third-order valence-electron chi connectivity index (χ3n) is 4.30. The van der Waals surface area contributed by atoms with Crippen LogP contribution in [0, 0.1) is 11.3 Å². The molecule has 0 fully saturated rings. The van der Waals surface area contributed by atoms with E-state index in [2.05, 4.69) is 16.7 Å². The van der Waals surface area contributed by atoms with E-state index < -0.39 is 6.09 Å². The average molecular weight is 399 g/mol. The van der Waals surface area contributed by atoms with E-state index in [0.29, 0.717) is 42.1 Å². The Labute approximate surface area is 167 Å². The summed E-state index contributed by atoms with van der Waals surface area (Å²) in [6.45, 7) is 2.55. The molecule has 0 bridgehead atoms. The summed E-state index contributed by atoms with van der Waals surface area (Å²) in [6.07, 6.45) is 6.50. The highest BCUT2D eigenvalue weighted by atomic mass is 32.1. The van der Waals surface area contributed by atoms with Gasteiger partial charge in [-0.05, 0) is 43.0 Å². The summed E-state index contributed by atoms with van der Waals surface area (Å²) in [5.41, 5.74) is 1.43. The quantitative estimate of drug-likeness (QED) is 0.718. The molecule has 1 atom stereocenters. The number of carbonyl (C=O) groups is 2. The standard InChI is InChI=1S/C20H21N3O4S/c1-2-9-22-20(25)27-14-5-7-15-16(12-21)19(28-17(15)11-14)23-18(24)8-6-13-4-3-10-26-13/h3-4,6,8,10,14H,2,5,7,9,11H2,1H3,(H,22,25)(H,23,24)/b8-6+. The Morgan fingerprint density at radius 1 is 1.50 bits per heavy atom. The first-order valence-electron chi connectivity index (χ1n) is 9.12. The zero-order valence-electron chi connectivity index (χ0n) is 15.5. The highest BCUT2D eigenvalue weighted by Crippen LogP contribution is 2.38. The van der Waals surface area contributed by atoms with Crippen molar-refractivity contribution in [1.82, 2.24) is 5.32 Å². The lowest BCUT2D eigenvalue weighted by atomic mass is 9.94. The molecule has 1 aliphatic carbocycles. The largest absolute Gasteiger partial charge is 0.465 e. The molecule has 146 valence electrons. The molecular weight excluding hydrogens is 378 g/mol. The second kappa shape index (κ2) is 9.24. The number of nitrogens with zero attached hydrogens (tertiary/aromatic N) is 1. The van der Waals surface area contributed by atoms with Crippen LogP contribution in [0.1, 0.15) is 41.5 Å². The maximum Gasteiger partial charge on any atom is 0.407 e. The molecule has 0 saturated carbocycles. The molecule has 0 aliphatic heterocycles. The third-order valence-corrected chi connectivity index (χ3v) is 5.47. The molecule has 2 aromatic heterocycles. The first kappa shape index (κ1) is 19.7. The van der Waals surface area contributed by atoms with Gasteiger partial charge in [-0.3, -0.25) is 4.79 Å². The summed E-state index contributed by atoms with van der Waals surface area (Å²) in [4.78, 5) is 24.9. The average Bonchev–Trinajstić information content (AvgIpc) is 3.31. The summed E-state index contributed by atoms with van der Waals surface area (Å²) in [5, 5.41) is 15.5. The van der Waals surface area contributed by atoms with Gasteiger partial charge in [0.25, 0.3) is 0 Å². The number of ether oxygens (including phenoxy) is 1. The topological polar surface area (TPSA) is 104 Å². The van der Waals surface area contributed by atoms with Crippen molar-refractivity contribution < 1.29 is 18.7 Å². The number of nitriles is 1. The number of hydrogen-bond acceptors (Lipinski definition) is 6. The van der Waals surface area contributed by atoms with E-state index >= 15 is 0 Å². The number of rotatable bonds is 6. The second-order valence-electron chi connectivity index (χ2n) is 6.35. The summed E-state index contributed by atoms with van der Waals surface area (Å²) in [7, 11) is 0. The minimum absolute atomic E-state index is 0.225. The zero-order valence-corrected chi connectivity index (χ0v) is 16.3. The maximum atomic E-state index is 12.2. The number of nitrogens with one attached hydrogen (secondary N) is 2. The number of carbonyl (C=O) groups excluding carboxylic acids is 2. The molecule has 0 aromatic carbocycles. The Kier molecular flexibility index (Phi) is 6.50. The van der Waals surface area contributed by atoms with Gasteiger partial charge < -0.3 is 19.8 Å². The van der Waals surface area contributed by atoms with Crippen molar-refractivity contribution >= 4 is 34.4 Å². The van der Waals surface area contributed by atoms with Crippen LogP contribution < -0.4 is 10.6 Å². The predicted octanol–water partition coefficient (Wildman–Crippen LogP) is 3.86. The predicted molar refractivity (Wildman–Crippen MR) is 106 cm³/mol. The minimum atomic E-state index is -0.413. The number of fused-ring (bicyclic) bond motifs is 1. The van der Waals surface area contributed by atoms with Crippen molar-refractivity contribution in [3.8, 4) is 6.07 Å². The molecule has 8 heteroatoms.